The second-order valence-corrected chi connectivity index (χ2v) is 19.4. The van der Waals surface area contributed by atoms with Crippen LogP contribution in [0.5, 0.6) is 23.0 Å². The first-order valence-corrected chi connectivity index (χ1v) is 25.8. The largest absolute Gasteiger partial charge is 0.488 e. The van der Waals surface area contributed by atoms with Gasteiger partial charge in [-0.05, 0) is 111 Å². The molecule has 0 saturated heterocycles. The third-order valence-corrected chi connectivity index (χ3v) is 13.9. The number of rotatable bonds is 27. The highest BCUT2D eigenvalue weighted by molar-refractivity contribution is 6.32. The number of pyridine rings is 2. The van der Waals surface area contributed by atoms with Gasteiger partial charge in [-0.3, -0.25) is 19.4 Å². The van der Waals surface area contributed by atoms with Crippen LogP contribution in [0.1, 0.15) is 57.3 Å². The topological polar surface area (TPSA) is 220 Å². The standard InChI is InChI=1S/C58H60Cl2N8O10/c1-37-41(35-77-53-27-51(43(25-47(53)59)31-65(3)49(17-23-69)57(71)72)75-33-39-13-15-55(61-29-39)67-21-7-19-63-67)9-5-11-45(37)46-12-6-10-42(38(46)2)36-78-54-28-52(44(26-48(54)60)32-66(4)50(18-24-70)58(73)74)76-34-40-14-16-56(62-30-40)68-22-8-20-64-68/h5-16,19-22,25-30,49-50,69-70H,17-18,23-24,31-36H2,1-4H3,(H,71,72)(H,73,74)/t49-,50-/m0/s1. The van der Waals surface area contributed by atoms with Crippen LogP contribution >= 0.6 is 23.2 Å². The molecule has 20 heteroatoms. The maximum atomic E-state index is 12.1. The fraction of sp³-hybridized carbons (Fsp3) is 0.276. The normalized spacial score (nSPS) is 12.2. The van der Waals surface area contributed by atoms with Gasteiger partial charge in [0.1, 0.15) is 61.5 Å². The predicted molar refractivity (Wildman–Crippen MR) is 293 cm³/mol. The van der Waals surface area contributed by atoms with E-state index in [0.29, 0.717) is 55.8 Å². The molecule has 18 nitrogen and oxygen atoms in total. The predicted octanol–water partition coefficient (Wildman–Crippen LogP) is 9.29. The fourth-order valence-corrected chi connectivity index (χ4v) is 9.42. The second-order valence-electron chi connectivity index (χ2n) is 18.6. The molecule has 0 radical (unpaired) electrons. The number of benzene rings is 4. The van der Waals surface area contributed by atoms with Gasteiger partial charge in [0, 0.05) is 97.9 Å². The van der Waals surface area contributed by atoms with Gasteiger partial charge in [0.2, 0.25) is 0 Å². The minimum atomic E-state index is -1.06. The summed E-state index contributed by atoms with van der Waals surface area (Å²) in [7, 11) is 3.34. The number of carboxylic acid groups (broad SMARTS) is 2. The number of aromatic nitrogens is 6. The summed E-state index contributed by atoms with van der Waals surface area (Å²) in [6.07, 6.45) is 10.4. The monoisotopic (exact) mass is 1100 g/mol. The van der Waals surface area contributed by atoms with Crippen LogP contribution in [-0.4, -0.2) is 111 Å². The van der Waals surface area contributed by atoms with Crippen molar-refractivity contribution in [3.8, 4) is 45.8 Å². The summed E-state index contributed by atoms with van der Waals surface area (Å²) >= 11 is 13.8. The Hall–Kier alpha value is -7.84. The molecule has 0 unspecified atom stereocenters. The number of ether oxygens (including phenoxy) is 4. The van der Waals surface area contributed by atoms with Crippen molar-refractivity contribution in [1.82, 2.24) is 39.3 Å². The maximum Gasteiger partial charge on any atom is 0.321 e. The van der Waals surface area contributed by atoms with Crippen molar-refractivity contribution in [3.63, 3.8) is 0 Å². The summed E-state index contributed by atoms with van der Waals surface area (Å²) in [6.45, 7) is 4.42. The molecule has 8 rings (SSSR count). The molecule has 8 aromatic rings. The van der Waals surface area contributed by atoms with Gasteiger partial charge in [0.05, 0.1) is 10.0 Å². The lowest BCUT2D eigenvalue weighted by atomic mass is 9.92. The zero-order chi connectivity index (χ0) is 55.3. The van der Waals surface area contributed by atoms with E-state index in [2.05, 4.69) is 32.3 Å². The minimum Gasteiger partial charge on any atom is -0.488 e. The molecule has 0 aliphatic heterocycles. The molecular weight excluding hydrogens is 1040 g/mol. The lowest BCUT2D eigenvalue weighted by Gasteiger charge is -2.25. The van der Waals surface area contributed by atoms with Crippen LogP contribution in [0.4, 0.5) is 0 Å². The Morgan fingerprint density at radius 1 is 0.551 bits per heavy atom. The molecule has 0 aliphatic carbocycles. The van der Waals surface area contributed by atoms with Crippen molar-refractivity contribution in [2.45, 2.75) is 78.3 Å². The Balaban J connectivity index is 0.996. The molecule has 406 valence electrons. The molecule has 4 aromatic carbocycles. The summed E-state index contributed by atoms with van der Waals surface area (Å²) in [4.78, 5) is 36.6. The Bertz CT molecular complexity index is 3070. The van der Waals surface area contributed by atoms with Gasteiger partial charge < -0.3 is 39.4 Å². The van der Waals surface area contributed by atoms with Gasteiger partial charge in [-0.1, -0.05) is 71.7 Å². The van der Waals surface area contributed by atoms with E-state index in [0.717, 1.165) is 44.5 Å². The maximum absolute atomic E-state index is 12.1. The van der Waals surface area contributed by atoms with Crippen LogP contribution in [0.15, 0.2) is 134 Å². The zero-order valence-corrected chi connectivity index (χ0v) is 45.0. The number of aliphatic hydroxyl groups is 2. The molecule has 2 atom stereocenters. The number of halogens is 2. The summed E-state index contributed by atoms with van der Waals surface area (Å²) in [5, 5.41) is 48.1. The molecule has 0 saturated carbocycles. The lowest BCUT2D eigenvalue weighted by Crippen LogP contribution is -2.38. The molecule has 0 amide bonds. The number of nitrogens with zero attached hydrogens (tertiary/aromatic N) is 8. The summed E-state index contributed by atoms with van der Waals surface area (Å²) in [6, 6.07) is 28.1. The van der Waals surface area contributed by atoms with Gasteiger partial charge in [-0.15, -0.1) is 0 Å². The quantitative estimate of drug-likeness (QED) is 0.0377. The number of aliphatic carboxylic acids is 2. The van der Waals surface area contributed by atoms with E-state index in [1.54, 1.807) is 94.7 Å². The third-order valence-electron chi connectivity index (χ3n) is 13.3. The van der Waals surface area contributed by atoms with Crippen LogP contribution in [0, 0.1) is 13.8 Å². The Morgan fingerprint density at radius 3 is 1.31 bits per heavy atom. The van der Waals surface area contributed by atoms with E-state index in [1.807, 2.05) is 74.5 Å². The van der Waals surface area contributed by atoms with Gasteiger partial charge in [0.15, 0.2) is 11.6 Å². The number of hydrogen-bond donors (Lipinski definition) is 4. The molecule has 0 bridgehead atoms. The molecule has 4 aromatic heterocycles. The first-order chi connectivity index (χ1) is 37.7. The van der Waals surface area contributed by atoms with Crippen LogP contribution in [0.25, 0.3) is 22.8 Å². The number of aliphatic hydroxyl groups excluding tert-OH is 2. The lowest BCUT2D eigenvalue weighted by molar-refractivity contribution is -0.144. The Labute approximate surface area is 461 Å². The van der Waals surface area contributed by atoms with Crippen molar-refractivity contribution in [1.29, 1.82) is 0 Å². The van der Waals surface area contributed by atoms with Gasteiger partial charge in [-0.2, -0.15) is 10.2 Å². The molecule has 78 heavy (non-hydrogen) atoms. The molecule has 0 spiro atoms. The summed E-state index contributed by atoms with van der Waals surface area (Å²) in [5.74, 6) is 0.791. The number of carbonyl (C=O) groups is 2. The highest BCUT2D eigenvalue weighted by atomic mass is 35.5. The van der Waals surface area contributed by atoms with E-state index in [1.165, 1.54) is 0 Å². The van der Waals surface area contributed by atoms with Crippen molar-refractivity contribution in [2.24, 2.45) is 0 Å². The van der Waals surface area contributed by atoms with Crippen LogP contribution in [0.2, 0.25) is 10.0 Å². The van der Waals surface area contributed by atoms with E-state index in [9.17, 15) is 30.0 Å². The van der Waals surface area contributed by atoms with E-state index in [4.69, 9.17) is 42.1 Å². The summed E-state index contributed by atoms with van der Waals surface area (Å²) in [5.41, 5.74) is 8.59. The van der Waals surface area contributed by atoms with Crippen LogP contribution in [0.3, 0.4) is 0 Å². The summed E-state index contributed by atoms with van der Waals surface area (Å²) < 4.78 is 29.0. The second kappa shape index (κ2) is 26.5. The molecule has 4 N–H and O–H groups in total. The molecular formula is C58H60Cl2N8O10. The van der Waals surface area contributed by atoms with Gasteiger partial charge in [0.25, 0.3) is 0 Å². The average Bonchev–Trinajstić information content (AvgIpc) is 4.19. The van der Waals surface area contributed by atoms with E-state index in [-0.39, 0.29) is 65.6 Å². The van der Waals surface area contributed by atoms with E-state index >= 15 is 0 Å². The highest BCUT2D eigenvalue weighted by Crippen LogP contribution is 2.38. The average molecular weight is 1100 g/mol. The number of likely N-dealkylation sites (N-methyl/N-ethyl adjacent to an activating group) is 2. The first kappa shape index (κ1) is 56.4. The number of hydrogen-bond acceptors (Lipinski definition) is 14. The third kappa shape index (κ3) is 14.0. The smallest absolute Gasteiger partial charge is 0.321 e. The Kier molecular flexibility index (Phi) is 19.1. The van der Waals surface area contributed by atoms with E-state index < -0.39 is 24.0 Å². The van der Waals surface area contributed by atoms with Crippen molar-refractivity contribution in [3.05, 3.63) is 189 Å². The minimum absolute atomic E-state index is 0.0402. The van der Waals surface area contributed by atoms with Crippen molar-refractivity contribution >= 4 is 35.1 Å². The van der Waals surface area contributed by atoms with Crippen LogP contribution in [-0.2, 0) is 49.1 Å². The zero-order valence-electron chi connectivity index (χ0n) is 43.5. The van der Waals surface area contributed by atoms with Crippen molar-refractivity contribution in [2.75, 3.05) is 27.3 Å². The van der Waals surface area contributed by atoms with Gasteiger partial charge >= 0.3 is 11.9 Å². The molecule has 4 heterocycles. The van der Waals surface area contributed by atoms with Crippen LogP contribution < -0.4 is 18.9 Å². The molecule has 0 fully saturated rings. The fourth-order valence-electron chi connectivity index (χ4n) is 8.94. The number of carboxylic acids is 2. The molecule has 0 aliphatic rings. The highest BCUT2D eigenvalue weighted by Gasteiger charge is 2.26. The first-order valence-electron chi connectivity index (χ1n) is 25.0. The van der Waals surface area contributed by atoms with Crippen molar-refractivity contribution < 1.29 is 49.0 Å². The van der Waals surface area contributed by atoms with Gasteiger partial charge in [-0.25, -0.2) is 19.3 Å². The Morgan fingerprint density at radius 2 is 0.962 bits per heavy atom. The SMILES string of the molecule is Cc1c(COc2cc(OCc3ccc(-n4cccn4)nc3)c(CN(C)[C@@H](CCO)C(=O)O)cc2Cl)cccc1-c1cccc(COc2cc(OCc3ccc(-n4cccn4)nc3)c(CN(C)[C@@H](CCO)C(=O)O)cc2Cl)c1C.